The van der Waals surface area contributed by atoms with Crippen molar-refractivity contribution in [1.82, 2.24) is 20.5 Å². The van der Waals surface area contributed by atoms with E-state index in [2.05, 4.69) is 27.4 Å². The molecule has 1 atom stereocenters. The molecule has 106 valence electrons. The Morgan fingerprint density at radius 3 is 2.84 bits per heavy atom. The molecule has 4 N–H and O–H groups in total. The maximum atomic E-state index is 12.5. The Morgan fingerprint density at radius 2 is 2.32 bits per heavy atom. The Kier molecular flexibility index (Phi) is 4.19. The number of nitrogens with zero attached hydrogens (tertiary/aromatic N) is 2. The second-order valence-electron chi connectivity index (χ2n) is 5.73. The van der Waals surface area contributed by atoms with Crippen LogP contribution in [0.2, 0.25) is 0 Å². The van der Waals surface area contributed by atoms with Gasteiger partial charge in [0.05, 0.1) is 11.5 Å². The van der Waals surface area contributed by atoms with Crippen LogP contribution in [0.15, 0.2) is 6.33 Å². The zero-order valence-corrected chi connectivity index (χ0v) is 11.6. The smallest absolute Gasteiger partial charge is 0.228 e. The van der Waals surface area contributed by atoms with Gasteiger partial charge in [-0.05, 0) is 38.5 Å². The van der Waals surface area contributed by atoms with Gasteiger partial charge in [0.2, 0.25) is 5.91 Å². The number of nitrogens with two attached hydrogens (primary N) is 1. The van der Waals surface area contributed by atoms with Crippen molar-refractivity contribution in [2.45, 2.75) is 45.6 Å². The molecule has 1 aliphatic carbocycles. The van der Waals surface area contributed by atoms with Gasteiger partial charge in [-0.25, -0.2) is 4.98 Å². The number of aromatic amines is 1. The molecule has 1 saturated carbocycles. The molecule has 1 unspecified atom stereocenters. The van der Waals surface area contributed by atoms with Gasteiger partial charge in [0.15, 0.2) is 0 Å². The van der Waals surface area contributed by atoms with Crippen LogP contribution in [-0.2, 0) is 4.79 Å². The Morgan fingerprint density at radius 1 is 1.63 bits per heavy atom. The summed E-state index contributed by atoms with van der Waals surface area (Å²) in [5.74, 6) is 1.41. The van der Waals surface area contributed by atoms with Crippen molar-refractivity contribution in [3.05, 3.63) is 12.2 Å². The van der Waals surface area contributed by atoms with Gasteiger partial charge >= 0.3 is 0 Å². The molecule has 6 nitrogen and oxygen atoms in total. The number of nitrogens with one attached hydrogen (secondary N) is 2. The molecule has 0 aromatic carbocycles. The highest BCUT2D eigenvalue weighted by Gasteiger charge is 2.40. The Hall–Kier alpha value is -1.43. The third-order valence-corrected chi connectivity index (χ3v) is 4.30. The van der Waals surface area contributed by atoms with Crippen LogP contribution in [0.1, 0.15) is 51.4 Å². The van der Waals surface area contributed by atoms with Gasteiger partial charge in [0.25, 0.3) is 0 Å². The van der Waals surface area contributed by atoms with Crippen LogP contribution >= 0.6 is 0 Å². The van der Waals surface area contributed by atoms with Gasteiger partial charge in [-0.2, -0.15) is 5.10 Å². The monoisotopic (exact) mass is 265 g/mol. The molecule has 0 aliphatic heterocycles. The first-order chi connectivity index (χ1) is 9.07. The van der Waals surface area contributed by atoms with Crippen LogP contribution in [-0.4, -0.2) is 27.6 Å². The lowest BCUT2D eigenvalue weighted by Crippen LogP contribution is -2.48. The summed E-state index contributed by atoms with van der Waals surface area (Å²) in [5, 5.41) is 9.58. The maximum absolute atomic E-state index is 12.5. The van der Waals surface area contributed by atoms with Crippen LogP contribution in [0.3, 0.4) is 0 Å². The average Bonchev–Trinajstić information content (AvgIpc) is 2.94. The lowest BCUT2D eigenvalue weighted by atomic mass is 9.70. The van der Waals surface area contributed by atoms with Crippen LogP contribution in [0.25, 0.3) is 0 Å². The number of amides is 1. The normalized spacial score (nSPS) is 28.9. The van der Waals surface area contributed by atoms with Crippen molar-refractivity contribution in [3.63, 3.8) is 0 Å². The van der Waals surface area contributed by atoms with Crippen molar-refractivity contribution >= 4 is 5.91 Å². The van der Waals surface area contributed by atoms with Crippen LogP contribution < -0.4 is 11.1 Å². The quantitative estimate of drug-likeness (QED) is 0.760. The molecule has 1 aromatic rings. The molecule has 0 saturated heterocycles. The molecule has 2 rings (SSSR count). The van der Waals surface area contributed by atoms with E-state index in [1.54, 1.807) is 0 Å². The van der Waals surface area contributed by atoms with Gasteiger partial charge in [-0.15, -0.1) is 0 Å². The molecule has 1 amide bonds. The van der Waals surface area contributed by atoms with Crippen molar-refractivity contribution in [2.75, 3.05) is 6.54 Å². The highest BCUT2D eigenvalue weighted by atomic mass is 16.2. The van der Waals surface area contributed by atoms with Crippen molar-refractivity contribution in [2.24, 2.45) is 17.1 Å². The summed E-state index contributed by atoms with van der Waals surface area (Å²) in [4.78, 5) is 16.6. The first kappa shape index (κ1) is 14.0. The minimum atomic E-state index is -0.402. The fraction of sp³-hybridized carbons (Fsp3) is 0.769. The summed E-state index contributed by atoms with van der Waals surface area (Å²) in [5.41, 5.74) is 5.48. The number of H-pyrrole nitrogens is 1. The van der Waals surface area contributed by atoms with Crippen molar-refractivity contribution in [3.8, 4) is 0 Å². The van der Waals surface area contributed by atoms with E-state index >= 15 is 0 Å². The van der Waals surface area contributed by atoms with E-state index < -0.39 is 5.41 Å². The second kappa shape index (κ2) is 5.69. The zero-order valence-electron chi connectivity index (χ0n) is 11.6. The largest absolute Gasteiger partial charge is 0.346 e. The van der Waals surface area contributed by atoms with E-state index in [-0.39, 0.29) is 11.9 Å². The standard InChI is InChI=1S/C13H23N5O/c1-9-3-5-13(7-14,6-4-9)12(19)17-10(2)11-15-8-16-18-11/h8-10H,3-7,14H2,1-2H3,(H,17,19)(H,15,16,18). The fourth-order valence-corrected chi connectivity index (χ4v) is 2.68. The third kappa shape index (κ3) is 2.94. The summed E-state index contributed by atoms with van der Waals surface area (Å²) in [7, 11) is 0. The Labute approximate surface area is 113 Å². The van der Waals surface area contributed by atoms with Crippen LogP contribution in [0.5, 0.6) is 0 Å². The highest BCUT2D eigenvalue weighted by molar-refractivity contribution is 5.83. The summed E-state index contributed by atoms with van der Waals surface area (Å²) in [6.45, 7) is 4.54. The molecular weight excluding hydrogens is 242 g/mol. The minimum Gasteiger partial charge on any atom is -0.346 e. The first-order valence-corrected chi connectivity index (χ1v) is 6.94. The Bertz CT molecular complexity index is 409. The number of carbonyl (C=O) groups is 1. The van der Waals surface area contributed by atoms with E-state index in [4.69, 9.17) is 5.73 Å². The molecule has 1 aromatic heterocycles. The van der Waals surface area contributed by atoms with E-state index in [0.29, 0.717) is 18.3 Å². The first-order valence-electron chi connectivity index (χ1n) is 6.94. The van der Waals surface area contributed by atoms with Crippen molar-refractivity contribution < 1.29 is 4.79 Å². The Balaban J connectivity index is 2.01. The van der Waals surface area contributed by atoms with Gasteiger partial charge in [-0.1, -0.05) is 6.92 Å². The minimum absolute atomic E-state index is 0.0470. The zero-order chi connectivity index (χ0) is 13.9. The third-order valence-electron chi connectivity index (χ3n) is 4.30. The number of hydrogen-bond acceptors (Lipinski definition) is 4. The number of hydrogen-bond donors (Lipinski definition) is 3. The van der Waals surface area contributed by atoms with Gasteiger partial charge in [0, 0.05) is 6.54 Å². The molecule has 0 spiro atoms. The SMILES string of the molecule is CC1CCC(CN)(C(=O)NC(C)c2ncn[nH]2)CC1. The lowest BCUT2D eigenvalue weighted by Gasteiger charge is -2.37. The van der Waals surface area contributed by atoms with Crippen LogP contribution in [0.4, 0.5) is 0 Å². The predicted molar refractivity (Wildman–Crippen MR) is 72.1 cm³/mol. The van der Waals surface area contributed by atoms with Gasteiger partial charge in [0.1, 0.15) is 12.2 Å². The molecule has 1 aliphatic rings. The molecule has 1 fully saturated rings. The van der Waals surface area contributed by atoms with E-state index in [1.807, 2.05) is 6.92 Å². The summed E-state index contributed by atoms with van der Waals surface area (Å²) >= 11 is 0. The van der Waals surface area contributed by atoms with E-state index in [1.165, 1.54) is 6.33 Å². The lowest BCUT2D eigenvalue weighted by molar-refractivity contribution is -0.133. The number of aromatic nitrogens is 3. The fourth-order valence-electron chi connectivity index (χ4n) is 2.68. The molecule has 19 heavy (non-hydrogen) atoms. The summed E-state index contributed by atoms with van der Waals surface area (Å²) in [6, 6.07) is -0.169. The van der Waals surface area contributed by atoms with Crippen LogP contribution in [0, 0.1) is 11.3 Å². The molecule has 0 radical (unpaired) electrons. The van der Waals surface area contributed by atoms with Gasteiger partial charge in [-0.3, -0.25) is 9.89 Å². The topological polar surface area (TPSA) is 96.7 Å². The number of carbonyl (C=O) groups excluding carboxylic acids is 1. The van der Waals surface area contributed by atoms with Crippen molar-refractivity contribution in [1.29, 1.82) is 0 Å². The van der Waals surface area contributed by atoms with E-state index in [9.17, 15) is 4.79 Å². The second-order valence-corrected chi connectivity index (χ2v) is 5.73. The predicted octanol–water partition coefficient (Wildman–Crippen LogP) is 1.14. The van der Waals surface area contributed by atoms with E-state index in [0.717, 1.165) is 25.7 Å². The summed E-state index contributed by atoms with van der Waals surface area (Å²) in [6.07, 6.45) is 5.33. The molecule has 0 bridgehead atoms. The molecular formula is C13H23N5O. The number of rotatable bonds is 4. The maximum Gasteiger partial charge on any atom is 0.228 e. The molecule has 6 heteroatoms. The molecule has 1 heterocycles. The van der Waals surface area contributed by atoms with Gasteiger partial charge < -0.3 is 11.1 Å². The summed E-state index contributed by atoms with van der Waals surface area (Å²) < 4.78 is 0. The average molecular weight is 265 g/mol. The highest BCUT2D eigenvalue weighted by Crippen LogP contribution is 2.38.